The van der Waals surface area contributed by atoms with E-state index >= 15 is 0 Å². The number of nitrogens with one attached hydrogen (secondary N) is 1. The van der Waals surface area contributed by atoms with E-state index in [2.05, 4.69) is 5.32 Å². The molecule has 0 bridgehead atoms. The number of hydrogen-bond acceptors (Lipinski definition) is 4. The molecule has 130 valence electrons. The van der Waals surface area contributed by atoms with Gasteiger partial charge in [-0.2, -0.15) is 0 Å². The number of carboxylic acids is 1. The summed E-state index contributed by atoms with van der Waals surface area (Å²) in [5.41, 5.74) is 6.29. The lowest BCUT2D eigenvalue weighted by molar-refractivity contribution is -0.118. The van der Waals surface area contributed by atoms with Crippen LogP contribution in [-0.4, -0.2) is 42.1 Å². The highest BCUT2D eigenvalue weighted by Gasteiger charge is 2.27. The fourth-order valence-electron chi connectivity index (χ4n) is 2.96. The van der Waals surface area contributed by atoms with Crippen LogP contribution in [0.4, 0.5) is 0 Å². The highest BCUT2D eigenvalue weighted by molar-refractivity contribution is 5.98. The molecule has 0 radical (unpaired) electrons. The summed E-state index contributed by atoms with van der Waals surface area (Å²) in [6.07, 6.45) is 1.53. The molecule has 1 aliphatic rings. The van der Waals surface area contributed by atoms with Crippen molar-refractivity contribution < 1.29 is 24.2 Å². The number of nitrogens with two attached hydrogens (primary N) is 1. The Morgan fingerprint density at radius 3 is 2.46 bits per heavy atom. The number of carboxylic acid groups (broad SMARTS) is 1. The van der Waals surface area contributed by atoms with E-state index in [1.54, 1.807) is 13.0 Å². The van der Waals surface area contributed by atoms with Gasteiger partial charge in [0.05, 0.1) is 5.56 Å². The first-order chi connectivity index (χ1) is 11.4. The molecule has 7 nitrogen and oxygen atoms in total. The Morgan fingerprint density at radius 1 is 1.25 bits per heavy atom. The predicted molar refractivity (Wildman–Crippen MR) is 86.7 cm³/mol. The average Bonchev–Trinajstić information content (AvgIpc) is 2.54. The van der Waals surface area contributed by atoms with E-state index in [1.807, 2.05) is 0 Å². The number of carbonyl (C=O) groups excluding carboxylic acids is 2. The minimum Gasteiger partial charge on any atom is -0.478 e. The topological polar surface area (TPSA) is 119 Å². The Morgan fingerprint density at radius 2 is 1.88 bits per heavy atom. The van der Waals surface area contributed by atoms with E-state index in [-0.39, 0.29) is 29.5 Å². The molecule has 0 aliphatic carbocycles. The molecule has 24 heavy (non-hydrogen) atoms. The molecule has 1 fully saturated rings. The maximum absolute atomic E-state index is 12.5. The zero-order valence-corrected chi connectivity index (χ0v) is 13.6. The van der Waals surface area contributed by atoms with E-state index in [9.17, 15) is 14.4 Å². The molecule has 1 atom stereocenters. The third-order valence-electron chi connectivity index (χ3n) is 4.16. The summed E-state index contributed by atoms with van der Waals surface area (Å²) in [5, 5.41) is 12.0. The van der Waals surface area contributed by atoms with E-state index in [0.717, 1.165) is 12.8 Å². The van der Waals surface area contributed by atoms with Gasteiger partial charge in [-0.3, -0.25) is 9.59 Å². The Kier molecular flexibility index (Phi) is 5.92. The number of amides is 2. The minimum absolute atomic E-state index is 0.0496. The Labute approximate surface area is 140 Å². The van der Waals surface area contributed by atoms with Crippen molar-refractivity contribution in [1.82, 2.24) is 5.32 Å². The zero-order chi connectivity index (χ0) is 17.7. The van der Waals surface area contributed by atoms with Gasteiger partial charge in [-0.25, -0.2) is 4.79 Å². The standard InChI is InChI=1S/C17H22N2O5/c1-10-6-12(8-13(7-10)17(22)23)16(21)19-14(9-15(18)20)11-2-4-24-5-3-11/h6-8,11,14H,2-5,9H2,1H3,(H2,18,20)(H,19,21)(H,22,23). The first-order valence-corrected chi connectivity index (χ1v) is 7.88. The second-order valence-corrected chi connectivity index (χ2v) is 6.09. The van der Waals surface area contributed by atoms with E-state index in [4.69, 9.17) is 15.6 Å². The molecule has 1 aromatic rings. The van der Waals surface area contributed by atoms with Crippen molar-refractivity contribution in [3.05, 3.63) is 34.9 Å². The lowest BCUT2D eigenvalue weighted by atomic mass is 9.89. The van der Waals surface area contributed by atoms with Crippen LogP contribution in [-0.2, 0) is 9.53 Å². The van der Waals surface area contributed by atoms with Gasteiger partial charge in [0, 0.05) is 31.2 Å². The molecule has 2 amide bonds. The molecule has 1 aromatic carbocycles. The van der Waals surface area contributed by atoms with Gasteiger partial charge >= 0.3 is 5.97 Å². The Hall–Kier alpha value is -2.41. The lowest BCUT2D eigenvalue weighted by Crippen LogP contribution is -2.44. The number of hydrogen-bond donors (Lipinski definition) is 3. The third kappa shape index (κ3) is 4.79. The number of benzene rings is 1. The van der Waals surface area contributed by atoms with Crippen molar-refractivity contribution >= 4 is 17.8 Å². The van der Waals surface area contributed by atoms with Crippen LogP contribution >= 0.6 is 0 Å². The average molecular weight is 334 g/mol. The predicted octanol–water partition coefficient (Wildman–Crippen LogP) is 1.09. The maximum Gasteiger partial charge on any atom is 0.335 e. The molecule has 4 N–H and O–H groups in total. The molecule has 1 aliphatic heterocycles. The number of aromatic carboxylic acids is 1. The van der Waals surface area contributed by atoms with Gasteiger partial charge in [-0.1, -0.05) is 0 Å². The minimum atomic E-state index is -1.09. The molecule has 7 heteroatoms. The molecule has 0 spiro atoms. The molecule has 2 rings (SSSR count). The first-order valence-electron chi connectivity index (χ1n) is 7.88. The van der Waals surface area contributed by atoms with Gasteiger partial charge in [-0.05, 0) is 49.4 Å². The van der Waals surface area contributed by atoms with Crippen LogP contribution in [0.5, 0.6) is 0 Å². The van der Waals surface area contributed by atoms with Crippen molar-refractivity contribution in [2.45, 2.75) is 32.2 Å². The van der Waals surface area contributed by atoms with Gasteiger partial charge in [0.25, 0.3) is 5.91 Å². The van der Waals surface area contributed by atoms with Gasteiger partial charge < -0.3 is 20.9 Å². The van der Waals surface area contributed by atoms with E-state index < -0.39 is 17.8 Å². The molecular weight excluding hydrogens is 312 g/mol. The molecule has 0 aromatic heterocycles. The highest BCUT2D eigenvalue weighted by atomic mass is 16.5. The van der Waals surface area contributed by atoms with Gasteiger partial charge in [0.1, 0.15) is 0 Å². The van der Waals surface area contributed by atoms with Crippen LogP contribution in [0.2, 0.25) is 0 Å². The quantitative estimate of drug-likeness (QED) is 0.719. The molecule has 1 unspecified atom stereocenters. The molecule has 1 heterocycles. The van der Waals surface area contributed by atoms with Crippen molar-refractivity contribution in [2.24, 2.45) is 11.7 Å². The van der Waals surface area contributed by atoms with Crippen LogP contribution in [0, 0.1) is 12.8 Å². The monoisotopic (exact) mass is 334 g/mol. The normalized spacial score (nSPS) is 16.4. The summed E-state index contributed by atoms with van der Waals surface area (Å²) in [6, 6.07) is 4.06. The summed E-state index contributed by atoms with van der Waals surface area (Å²) < 4.78 is 5.31. The van der Waals surface area contributed by atoms with Crippen molar-refractivity contribution in [2.75, 3.05) is 13.2 Å². The van der Waals surface area contributed by atoms with Crippen molar-refractivity contribution in [3.63, 3.8) is 0 Å². The maximum atomic E-state index is 12.5. The van der Waals surface area contributed by atoms with Crippen molar-refractivity contribution in [1.29, 1.82) is 0 Å². The summed E-state index contributed by atoms with van der Waals surface area (Å²) in [7, 11) is 0. The van der Waals surface area contributed by atoms with Crippen LogP contribution in [0.25, 0.3) is 0 Å². The molecular formula is C17H22N2O5. The van der Waals surface area contributed by atoms with Crippen LogP contribution in [0.3, 0.4) is 0 Å². The van der Waals surface area contributed by atoms with Crippen LogP contribution in [0.1, 0.15) is 45.5 Å². The van der Waals surface area contributed by atoms with Gasteiger partial charge in [0.2, 0.25) is 5.91 Å². The summed E-state index contributed by atoms with van der Waals surface area (Å²) >= 11 is 0. The fourth-order valence-corrected chi connectivity index (χ4v) is 2.96. The summed E-state index contributed by atoms with van der Waals surface area (Å²) in [5.74, 6) is -1.87. The molecule has 0 saturated carbocycles. The number of primary amides is 1. The lowest BCUT2D eigenvalue weighted by Gasteiger charge is -2.30. The Balaban J connectivity index is 2.17. The van der Waals surface area contributed by atoms with Crippen LogP contribution in [0.15, 0.2) is 18.2 Å². The highest BCUT2D eigenvalue weighted by Crippen LogP contribution is 2.21. The van der Waals surface area contributed by atoms with Crippen LogP contribution < -0.4 is 11.1 Å². The second kappa shape index (κ2) is 7.92. The summed E-state index contributed by atoms with van der Waals surface area (Å²) in [6.45, 7) is 2.90. The largest absolute Gasteiger partial charge is 0.478 e. The fraction of sp³-hybridized carbons (Fsp3) is 0.471. The molecule has 1 saturated heterocycles. The number of carbonyl (C=O) groups is 3. The number of rotatable bonds is 6. The SMILES string of the molecule is Cc1cc(C(=O)O)cc(C(=O)NC(CC(N)=O)C2CCOCC2)c1. The number of ether oxygens (including phenoxy) is 1. The second-order valence-electron chi connectivity index (χ2n) is 6.09. The van der Waals surface area contributed by atoms with Crippen molar-refractivity contribution in [3.8, 4) is 0 Å². The number of aryl methyl sites for hydroxylation is 1. The van der Waals surface area contributed by atoms with E-state index in [1.165, 1.54) is 12.1 Å². The third-order valence-corrected chi connectivity index (χ3v) is 4.16. The first kappa shape index (κ1) is 17.9. The van der Waals surface area contributed by atoms with E-state index in [0.29, 0.717) is 18.8 Å². The summed E-state index contributed by atoms with van der Waals surface area (Å²) in [4.78, 5) is 35.0. The van der Waals surface area contributed by atoms with Gasteiger partial charge in [0.15, 0.2) is 0 Å². The van der Waals surface area contributed by atoms with Gasteiger partial charge in [-0.15, -0.1) is 0 Å². The Bertz CT molecular complexity index is 638. The smallest absolute Gasteiger partial charge is 0.335 e. The zero-order valence-electron chi connectivity index (χ0n) is 13.6.